The van der Waals surface area contributed by atoms with Crippen molar-refractivity contribution < 1.29 is 9.59 Å². The molecule has 0 aliphatic heterocycles. The summed E-state index contributed by atoms with van der Waals surface area (Å²) < 4.78 is 3.05. The highest BCUT2D eigenvalue weighted by atomic mass is 32.2. The van der Waals surface area contributed by atoms with E-state index in [1.54, 1.807) is 6.08 Å². The fourth-order valence-electron chi connectivity index (χ4n) is 1.87. The second kappa shape index (κ2) is 6.87. The maximum absolute atomic E-state index is 11.8. The Hall–Kier alpha value is -1.66. The number of rotatable bonds is 4. The van der Waals surface area contributed by atoms with Crippen LogP contribution in [0.15, 0.2) is 35.8 Å². The van der Waals surface area contributed by atoms with E-state index >= 15 is 0 Å². The molecule has 21 heavy (non-hydrogen) atoms. The predicted molar refractivity (Wildman–Crippen MR) is 88.5 cm³/mol. The maximum atomic E-state index is 11.8. The number of fused-ring (bicyclic) bond motifs is 1. The molecular weight excluding hydrogens is 304 g/mol. The van der Waals surface area contributed by atoms with E-state index < -0.39 is 0 Å². The van der Waals surface area contributed by atoms with E-state index in [0.29, 0.717) is 11.3 Å². The number of thiazole rings is 1. The van der Waals surface area contributed by atoms with Crippen LogP contribution in [0, 0.1) is 6.92 Å². The zero-order chi connectivity index (χ0) is 15.4. The van der Waals surface area contributed by atoms with Crippen molar-refractivity contribution in [1.29, 1.82) is 0 Å². The summed E-state index contributed by atoms with van der Waals surface area (Å²) in [5.74, 6) is -0.215. The minimum absolute atomic E-state index is 0.0792. The molecule has 0 aliphatic rings. The van der Waals surface area contributed by atoms with Gasteiger partial charge in [-0.1, -0.05) is 35.2 Å². The molecule has 2 aromatic rings. The van der Waals surface area contributed by atoms with Gasteiger partial charge in [0, 0.05) is 13.5 Å². The van der Waals surface area contributed by atoms with Crippen LogP contribution >= 0.6 is 23.1 Å². The molecule has 6 heteroatoms. The summed E-state index contributed by atoms with van der Waals surface area (Å²) in [5, 5.41) is -0.0792. The first kappa shape index (κ1) is 15.7. The third-order valence-electron chi connectivity index (χ3n) is 2.77. The molecule has 0 bridgehead atoms. The van der Waals surface area contributed by atoms with Crippen LogP contribution in [0.4, 0.5) is 0 Å². The normalized spacial score (nSPS) is 11.8. The molecule has 1 aromatic heterocycles. The van der Waals surface area contributed by atoms with Crippen molar-refractivity contribution in [2.24, 2.45) is 4.99 Å². The second-order valence-corrected chi connectivity index (χ2v) is 6.70. The number of hydrogen-bond acceptors (Lipinski definition) is 4. The van der Waals surface area contributed by atoms with E-state index in [-0.39, 0.29) is 16.8 Å². The molecule has 110 valence electrons. The van der Waals surface area contributed by atoms with Crippen LogP contribution in [0.3, 0.4) is 0 Å². The maximum Gasteiger partial charge on any atom is 0.258 e. The number of aryl methyl sites for hydroxylation is 1. The highest BCUT2D eigenvalue weighted by Crippen LogP contribution is 2.19. The van der Waals surface area contributed by atoms with Gasteiger partial charge < -0.3 is 4.57 Å². The molecule has 0 spiro atoms. The van der Waals surface area contributed by atoms with Gasteiger partial charge in [0.15, 0.2) is 9.92 Å². The molecular formula is C15H16N2O2S2. The summed E-state index contributed by atoms with van der Waals surface area (Å²) in [6.45, 7) is 7.81. The zero-order valence-electron chi connectivity index (χ0n) is 12.0. The molecule has 1 amide bonds. The van der Waals surface area contributed by atoms with Crippen molar-refractivity contribution in [3.8, 4) is 0 Å². The van der Waals surface area contributed by atoms with Crippen LogP contribution in [0.2, 0.25) is 0 Å². The van der Waals surface area contributed by atoms with E-state index in [1.165, 1.54) is 23.8 Å². The number of thioether (sulfide) groups is 1. The molecule has 0 saturated heterocycles. The molecule has 0 saturated carbocycles. The summed E-state index contributed by atoms with van der Waals surface area (Å²) in [5.41, 5.74) is 2.20. The number of allylic oxidation sites excluding steroid dienone is 1. The Morgan fingerprint density at radius 1 is 1.48 bits per heavy atom. The minimum atomic E-state index is -0.295. The van der Waals surface area contributed by atoms with Crippen LogP contribution in [0.25, 0.3) is 10.2 Å². The fourth-order valence-corrected chi connectivity index (χ4v) is 3.42. The number of carbonyl (C=O) groups excluding carboxylic acids is 2. The quantitative estimate of drug-likeness (QED) is 0.814. The van der Waals surface area contributed by atoms with Gasteiger partial charge in [-0.2, -0.15) is 4.99 Å². The van der Waals surface area contributed by atoms with Crippen LogP contribution in [0.1, 0.15) is 12.5 Å². The van der Waals surface area contributed by atoms with Crippen molar-refractivity contribution in [1.82, 2.24) is 4.57 Å². The Bertz CT molecular complexity index is 772. The molecule has 0 aliphatic carbocycles. The van der Waals surface area contributed by atoms with Gasteiger partial charge in [0.05, 0.1) is 16.0 Å². The van der Waals surface area contributed by atoms with E-state index in [1.807, 2.05) is 23.6 Å². The monoisotopic (exact) mass is 320 g/mol. The SMILES string of the molecule is C=CCn1c(=NC(=O)CSC(C)=O)sc2cc(C)ccc21. The Morgan fingerprint density at radius 2 is 2.24 bits per heavy atom. The molecule has 0 unspecified atom stereocenters. The smallest absolute Gasteiger partial charge is 0.258 e. The summed E-state index contributed by atoms with van der Waals surface area (Å²) in [7, 11) is 0. The van der Waals surface area contributed by atoms with E-state index in [2.05, 4.69) is 17.6 Å². The molecule has 0 N–H and O–H groups in total. The van der Waals surface area contributed by atoms with Crippen LogP contribution in [-0.4, -0.2) is 21.3 Å². The third kappa shape index (κ3) is 3.92. The van der Waals surface area contributed by atoms with Gasteiger partial charge in [0.2, 0.25) is 0 Å². The largest absolute Gasteiger partial charge is 0.313 e. The molecule has 0 fully saturated rings. The van der Waals surface area contributed by atoms with Gasteiger partial charge in [-0.3, -0.25) is 9.59 Å². The third-order valence-corrected chi connectivity index (χ3v) is 4.61. The lowest BCUT2D eigenvalue weighted by Gasteiger charge is -2.01. The van der Waals surface area contributed by atoms with Crippen LogP contribution < -0.4 is 4.80 Å². The Labute approximate surface area is 131 Å². The van der Waals surface area contributed by atoms with Crippen molar-refractivity contribution in [2.45, 2.75) is 20.4 Å². The minimum Gasteiger partial charge on any atom is -0.313 e. The predicted octanol–water partition coefficient (Wildman–Crippen LogP) is 2.90. The number of hydrogen-bond donors (Lipinski definition) is 0. The summed E-state index contributed by atoms with van der Waals surface area (Å²) >= 11 is 2.45. The number of nitrogens with zero attached hydrogens (tertiary/aromatic N) is 2. The van der Waals surface area contributed by atoms with Crippen molar-refractivity contribution in [2.75, 3.05) is 5.75 Å². The van der Waals surface area contributed by atoms with Gasteiger partial charge in [-0.25, -0.2) is 0 Å². The lowest BCUT2D eigenvalue weighted by molar-refractivity contribution is -0.116. The molecule has 0 atom stereocenters. The number of benzene rings is 1. The number of carbonyl (C=O) groups is 2. The highest BCUT2D eigenvalue weighted by molar-refractivity contribution is 8.14. The number of amides is 1. The lowest BCUT2D eigenvalue weighted by Crippen LogP contribution is -2.17. The molecule has 0 radical (unpaired) electrons. The second-order valence-electron chi connectivity index (χ2n) is 4.54. The van der Waals surface area contributed by atoms with Gasteiger partial charge in [-0.15, -0.1) is 6.58 Å². The van der Waals surface area contributed by atoms with Gasteiger partial charge in [-0.05, 0) is 24.6 Å². The van der Waals surface area contributed by atoms with E-state index in [4.69, 9.17) is 0 Å². The van der Waals surface area contributed by atoms with Gasteiger partial charge in [0.25, 0.3) is 5.91 Å². The topological polar surface area (TPSA) is 51.4 Å². The summed E-state index contributed by atoms with van der Waals surface area (Å²) in [6, 6.07) is 6.14. The first-order valence-corrected chi connectivity index (χ1v) is 8.23. The van der Waals surface area contributed by atoms with Gasteiger partial charge >= 0.3 is 0 Å². The Balaban J connectivity index is 2.46. The average Bonchev–Trinajstić information content (AvgIpc) is 2.74. The zero-order valence-corrected chi connectivity index (χ0v) is 13.6. The van der Waals surface area contributed by atoms with Crippen molar-refractivity contribution in [3.63, 3.8) is 0 Å². The first-order chi connectivity index (χ1) is 10.0. The Morgan fingerprint density at radius 3 is 2.90 bits per heavy atom. The number of aromatic nitrogens is 1. The summed E-state index contributed by atoms with van der Waals surface area (Å²) in [6.07, 6.45) is 1.78. The Kier molecular flexibility index (Phi) is 5.14. The van der Waals surface area contributed by atoms with Crippen molar-refractivity contribution in [3.05, 3.63) is 41.2 Å². The molecule has 1 aromatic carbocycles. The average molecular weight is 320 g/mol. The molecule has 4 nitrogen and oxygen atoms in total. The van der Waals surface area contributed by atoms with Crippen molar-refractivity contribution >= 4 is 44.3 Å². The van der Waals surface area contributed by atoms with Crippen LogP contribution in [-0.2, 0) is 16.1 Å². The van der Waals surface area contributed by atoms with E-state index in [9.17, 15) is 9.59 Å². The molecule has 2 rings (SSSR count). The standard InChI is InChI=1S/C15H16N2O2S2/c1-4-7-17-12-6-5-10(2)8-13(12)21-15(17)16-14(19)9-20-11(3)18/h4-6,8H,1,7,9H2,2-3H3. The highest BCUT2D eigenvalue weighted by Gasteiger charge is 2.08. The lowest BCUT2D eigenvalue weighted by atomic mass is 10.2. The summed E-state index contributed by atoms with van der Waals surface area (Å²) in [4.78, 5) is 27.5. The van der Waals surface area contributed by atoms with E-state index in [0.717, 1.165) is 22.0 Å². The van der Waals surface area contributed by atoms with Gasteiger partial charge in [0.1, 0.15) is 0 Å². The first-order valence-electron chi connectivity index (χ1n) is 6.43. The van der Waals surface area contributed by atoms with Crippen LogP contribution in [0.5, 0.6) is 0 Å². The molecule has 1 heterocycles. The fraction of sp³-hybridized carbons (Fsp3) is 0.267.